The van der Waals surface area contributed by atoms with E-state index >= 15 is 0 Å². The van der Waals surface area contributed by atoms with Crippen LogP contribution in [0.1, 0.15) is 38.7 Å². The smallest absolute Gasteiger partial charge is 0.122 e. The Hall–Kier alpha value is -1.53. The summed E-state index contributed by atoms with van der Waals surface area (Å²) >= 11 is 0. The maximum atomic E-state index is 9.22. The predicted molar refractivity (Wildman–Crippen MR) is 78.2 cm³/mol. The van der Waals surface area contributed by atoms with E-state index in [-0.39, 0.29) is 0 Å². The molecule has 0 saturated carbocycles. The van der Waals surface area contributed by atoms with Crippen molar-refractivity contribution in [3.05, 3.63) is 29.8 Å². The van der Waals surface area contributed by atoms with E-state index in [2.05, 4.69) is 18.3 Å². The largest absolute Gasteiger partial charge is 0.493 e. The summed E-state index contributed by atoms with van der Waals surface area (Å²) in [5, 5.41) is 12.5. The molecule has 104 valence electrons. The summed E-state index contributed by atoms with van der Waals surface area (Å²) in [6.07, 6.45) is 2.71. The second kappa shape index (κ2) is 7.81. The van der Waals surface area contributed by atoms with E-state index in [1.807, 2.05) is 38.1 Å². The number of aryl methyl sites for hydroxylation is 1. The molecule has 0 aliphatic heterocycles. The maximum Gasteiger partial charge on any atom is 0.122 e. The lowest BCUT2D eigenvalue weighted by Crippen LogP contribution is -2.41. The molecule has 0 fully saturated rings. The van der Waals surface area contributed by atoms with Gasteiger partial charge in [0.05, 0.1) is 12.7 Å². The maximum absolute atomic E-state index is 9.22. The summed E-state index contributed by atoms with van der Waals surface area (Å²) in [6, 6.07) is 10.4. The standard InChI is InChI=1S/C16H24N2O/c1-4-11-18-16(3,13-17)10-7-12-19-15-9-6-5-8-14(15)2/h5-6,8-9,18H,4,7,10-12H2,1-3H3. The molecule has 3 heteroatoms. The molecule has 0 aromatic heterocycles. The van der Waals surface area contributed by atoms with Crippen molar-refractivity contribution in [1.29, 1.82) is 5.26 Å². The highest BCUT2D eigenvalue weighted by Crippen LogP contribution is 2.17. The Morgan fingerprint density at radius 2 is 2.11 bits per heavy atom. The fraction of sp³-hybridized carbons (Fsp3) is 0.562. The van der Waals surface area contributed by atoms with Gasteiger partial charge < -0.3 is 4.74 Å². The van der Waals surface area contributed by atoms with Crippen molar-refractivity contribution in [2.75, 3.05) is 13.2 Å². The first-order valence-corrected chi connectivity index (χ1v) is 6.96. The van der Waals surface area contributed by atoms with Gasteiger partial charge in [0.2, 0.25) is 0 Å². The molecule has 0 radical (unpaired) electrons. The van der Waals surface area contributed by atoms with Crippen molar-refractivity contribution in [3.8, 4) is 11.8 Å². The van der Waals surface area contributed by atoms with Gasteiger partial charge in [0.15, 0.2) is 0 Å². The third kappa shape index (κ3) is 5.32. The zero-order chi connectivity index (χ0) is 14.1. The number of ether oxygens (including phenoxy) is 1. The zero-order valence-electron chi connectivity index (χ0n) is 12.2. The molecule has 3 nitrogen and oxygen atoms in total. The third-order valence-corrected chi connectivity index (χ3v) is 3.18. The van der Waals surface area contributed by atoms with Gasteiger partial charge in [0.25, 0.3) is 0 Å². The van der Waals surface area contributed by atoms with Gasteiger partial charge in [-0.15, -0.1) is 0 Å². The van der Waals surface area contributed by atoms with Gasteiger partial charge in [0, 0.05) is 0 Å². The molecule has 0 amide bonds. The third-order valence-electron chi connectivity index (χ3n) is 3.18. The Bertz CT molecular complexity index is 425. The van der Waals surface area contributed by atoms with Crippen molar-refractivity contribution in [3.63, 3.8) is 0 Å². The fourth-order valence-electron chi connectivity index (χ4n) is 1.91. The average Bonchev–Trinajstić information content (AvgIpc) is 2.43. The molecule has 0 bridgehead atoms. The van der Waals surface area contributed by atoms with Gasteiger partial charge >= 0.3 is 0 Å². The number of nitrogens with one attached hydrogen (secondary N) is 1. The second-order valence-corrected chi connectivity index (χ2v) is 5.09. The van der Waals surface area contributed by atoms with E-state index in [9.17, 15) is 5.26 Å². The number of hydrogen-bond acceptors (Lipinski definition) is 3. The lowest BCUT2D eigenvalue weighted by Gasteiger charge is -2.23. The van der Waals surface area contributed by atoms with Crippen LogP contribution in [-0.4, -0.2) is 18.7 Å². The van der Waals surface area contributed by atoms with Crippen LogP contribution < -0.4 is 10.1 Å². The Morgan fingerprint density at radius 1 is 1.37 bits per heavy atom. The molecule has 1 aromatic rings. The number of nitriles is 1. The van der Waals surface area contributed by atoms with Crippen LogP contribution in [0.4, 0.5) is 0 Å². The van der Waals surface area contributed by atoms with Crippen molar-refractivity contribution in [2.24, 2.45) is 0 Å². The first kappa shape index (κ1) is 15.5. The van der Waals surface area contributed by atoms with Gasteiger partial charge in [0.1, 0.15) is 11.3 Å². The molecule has 1 aromatic carbocycles. The van der Waals surface area contributed by atoms with Crippen molar-refractivity contribution in [1.82, 2.24) is 5.32 Å². The SMILES string of the molecule is CCCNC(C)(C#N)CCCOc1ccccc1C. The molecule has 19 heavy (non-hydrogen) atoms. The molecule has 0 saturated heterocycles. The highest BCUT2D eigenvalue weighted by molar-refractivity contribution is 5.31. The lowest BCUT2D eigenvalue weighted by atomic mass is 9.98. The van der Waals surface area contributed by atoms with E-state index in [0.29, 0.717) is 6.61 Å². The van der Waals surface area contributed by atoms with E-state index in [4.69, 9.17) is 4.74 Å². The summed E-state index contributed by atoms with van der Waals surface area (Å²) in [5.74, 6) is 0.933. The van der Waals surface area contributed by atoms with Crippen LogP contribution in [0.25, 0.3) is 0 Å². The van der Waals surface area contributed by atoms with Crippen molar-refractivity contribution in [2.45, 2.75) is 45.6 Å². The highest BCUT2D eigenvalue weighted by atomic mass is 16.5. The molecule has 1 atom stereocenters. The first-order valence-electron chi connectivity index (χ1n) is 6.96. The lowest BCUT2D eigenvalue weighted by molar-refractivity contribution is 0.284. The van der Waals surface area contributed by atoms with Gasteiger partial charge in [-0.25, -0.2) is 0 Å². The van der Waals surface area contributed by atoms with Gasteiger partial charge in [-0.1, -0.05) is 25.1 Å². The van der Waals surface area contributed by atoms with Crippen LogP contribution in [0.2, 0.25) is 0 Å². The zero-order valence-corrected chi connectivity index (χ0v) is 12.2. The Morgan fingerprint density at radius 3 is 2.74 bits per heavy atom. The second-order valence-electron chi connectivity index (χ2n) is 5.09. The van der Waals surface area contributed by atoms with E-state index in [1.165, 1.54) is 0 Å². The van der Waals surface area contributed by atoms with Crippen LogP contribution in [-0.2, 0) is 0 Å². The topological polar surface area (TPSA) is 45.0 Å². The molecular formula is C16H24N2O. The summed E-state index contributed by atoms with van der Waals surface area (Å²) in [7, 11) is 0. The van der Waals surface area contributed by atoms with Gasteiger partial charge in [-0.3, -0.25) is 5.32 Å². The van der Waals surface area contributed by atoms with E-state index in [0.717, 1.165) is 37.1 Å². The predicted octanol–water partition coefficient (Wildman–Crippen LogP) is 3.44. The van der Waals surface area contributed by atoms with Crippen LogP contribution in [0.3, 0.4) is 0 Å². The molecule has 0 heterocycles. The molecule has 1 N–H and O–H groups in total. The first-order chi connectivity index (χ1) is 9.11. The van der Waals surface area contributed by atoms with Crippen LogP contribution in [0, 0.1) is 18.3 Å². The average molecular weight is 260 g/mol. The summed E-state index contributed by atoms with van der Waals surface area (Å²) in [6.45, 7) is 7.62. The number of para-hydroxylation sites is 1. The molecule has 1 rings (SSSR count). The van der Waals surface area contributed by atoms with Crippen LogP contribution in [0.5, 0.6) is 5.75 Å². The minimum absolute atomic E-state index is 0.439. The Kier molecular flexibility index (Phi) is 6.38. The van der Waals surface area contributed by atoms with Gasteiger partial charge in [-0.2, -0.15) is 5.26 Å². The van der Waals surface area contributed by atoms with E-state index < -0.39 is 5.54 Å². The quantitative estimate of drug-likeness (QED) is 0.728. The number of nitrogens with zero attached hydrogens (tertiary/aromatic N) is 1. The molecule has 0 spiro atoms. The number of hydrogen-bond donors (Lipinski definition) is 1. The van der Waals surface area contributed by atoms with Gasteiger partial charge in [-0.05, 0) is 51.3 Å². The van der Waals surface area contributed by atoms with Crippen LogP contribution in [0.15, 0.2) is 24.3 Å². The summed E-state index contributed by atoms with van der Waals surface area (Å²) < 4.78 is 5.74. The summed E-state index contributed by atoms with van der Waals surface area (Å²) in [4.78, 5) is 0. The molecule has 0 aliphatic rings. The summed E-state index contributed by atoms with van der Waals surface area (Å²) in [5.41, 5.74) is 0.708. The number of benzene rings is 1. The monoisotopic (exact) mass is 260 g/mol. The highest BCUT2D eigenvalue weighted by Gasteiger charge is 2.21. The van der Waals surface area contributed by atoms with Crippen LogP contribution >= 0.6 is 0 Å². The fourth-order valence-corrected chi connectivity index (χ4v) is 1.91. The van der Waals surface area contributed by atoms with Crippen molar-refractivity contribution < 1.29 is 4.74 Å². The molecular weight excluding hydrogens is 236 g/mol. The van der Waals surface area contributed by atoms with Crippen molar-refractivity contribution >= 4 is 0 Å². The minimum Gasteiger partial charge on any atom is -0.493 e. The Labute approximate surface area is 116 Å². The molecule has 0 aliphatic carbocycles. The minimum atomic E-state index is -0.439. The normalized spacial score (nSPS) is 13.6. The molecule has 1 unspecified atom stereocenters. The Balaban J connectivity index is 2.34. The number of rotatable bonds is 8. The van der Waals surface area contributed by atoms with E-state index in [1.54, 1.807) is 0 Å².